The van der Waals surface area contributed by atoms with Crippen LogP contribution in [-0.4, -0.2) is 24.4 Å². The zero-order valence-corrected chi connectivity index (χ0v) is 17.1. The molecule has 1 heterocycles. The molecule has 6 nitrogen and oxygen atoms in total. The van der Waals surface area contributed by atoms with E-state index >= 15 is 0 Å². The maximum Gasteiger partial charge on any atom is 0.258 e. The Hall–Kier alpha value is -3.80. The SMILES string of the molecule is COc1cc(COc2ccc(-c3noc(-c4ccc(C)cc4)n3)cc2)cc(OC)c1. The molecule has 0 saturated heterocycles. The minimum absolute atomic E-state index is 0.396. The third-order valence-electron chi connectivity index (χ3n) is 4.65. The van der Waals surface area contributed by atoms with Gasteiger partial charge in [0.2, 0.25) is 5.82 Å². The lowest BCUT2D eigenvalue weighted by molar-refractivity contribution is 0.304. The summed E-state index contributed by atoms with van der Waals surface area (Å²) in [5, 5.41) is 4.09. The molecule has 3 aromatic carbocycles. The first-order valence-electron chi connectivity index (χ1n) is 9.50. The molecule has 0 unspecified atom stereocenters. The number of aryl methyl sites for hydroxylation is 1. The average molecular weight is 402 g/mol. The fourth-order valence-electron chi connectivity index (χ4n) is 2.97. The van der Waals surface area contributed by atoms with Crippen LogP contribution in [0.3, 0.4) is 0 Å². The predicted octanol–water partition coefficient (Wildman–Crippen LogP) is 5.31. The predicted molar refractivity (Wildman–Crippen MR) is 114 cm³/mol. The summed E-state index contributed by atoms with van der Waals surface area (Å²) in [5.74, 6) is 3.23. The Kier molecular flexibility index (Phi) is 5.66. The number of benzene rings is 3. The van der Waals surface area contributed by atoms with Gasteiger partial charge in [-0.25, -0.2) is 0 Å². The molecule has 0 N–H and O–H groups in total. The van der Waals surface area contributed by atoms with Gasteiger partial charge in [0.25, 0.3) is 5.89 Å². The Morgan fingerprint density at radius 1 is 0.767 bits per heavy atom. The van der Waals surface area contributed by atoms with Gasteiger partial charge in [-0.15, -0.1) is 0 Å². The minimum Gasteiger partial charge on any atom is -0.497 e. The van der Waals surface area contributed by atoms with Crippen molar-refractivity contribution < 1.29 is 18.7 Å². The van der Waals surface area contributed by atoms with E-state index in [1.807, 2.05) is 73.7 Å². The molecule has 4 rings (SSSR count). The number of hydrogen-bond donors (Lipinski definition) is 0. The molecule has 0 aliphatic heterocycles. The summed E-state index contributed by atoms with van der Waals surface area (Å²) in [6.45, 7) is 2.43. The first-order chi connectivity index (χ1) is 14.6. The highest BCUT2D eigenvalue weighted by atomic mass is 16.5. The quantitative estimate of drug-likeness (QED) is 0.417. The van der Waals surface area contributed by atoms with E-state index in [0.717, 1.165) is 33.9 Å². The zero-order valence-electron chi connectivity index (χ0n) is 17.1. The van der Waals surface area contributed by atoms with Crippen LogP contribution >= 0.6 is 0 Å². The molecule has 0 amide bonds. The van der Waals surface area contributed by atoms with Crippen molar-refractivity contribution in [1.29, 1.82) is 0 Å². The molecule has 0 radical (unpaired) electrons. The third kappa shape index (κ3) is 4.43. The Morgan fingerprint density at radius 2 is 1.40 bits per heavy atom. The molecule has 0 atom stereocenters. The summed E-state index contributed by atoms with van der Waals surface area (Å²) in [7, 11) is 3.25. The summed E-state index contributed by atoms with van der Waals surface area (Å²) in [5.41, 5.74) is 3.89. The maximum atomic E-state index is 5.89. The smallest absolute Gasteiger partial charge is 0.258 e. The van der Waals surface area contributed by atoms with Crippen molar-refractivity contribution in [1.82, 2.24) is 10.1 Å². The van der Waals surface area contributed by atoms with Crippen LogP contribution in [0.4, 0.5) is 0 Å². The lowest BCUT2D eigenvalue weighted by atomic mass is 10.1. The van der Waals surface area contributed by atoms with E-state index in [4.69, 9.17) is 18.7 Å². The highest BCUT2D eigenvalue weighted by molar-refractivity contribution is 5.60. The second-order valence-electron chi connectivity index (χ2n) is 6.82. The molecule has 0 aliphatic carbocycles. The van der Waals surface area contributed by atoms with E-state index in [9.17, 15) is 0 Å². The lowest BCUT2D eigenvalue weighted by Crippen LogP contribution is -1.97. The van der Waals surface area contributed by atoms with Gasteiger partial charge in [0.15, 0.2) is 0 Å². The van der Waals surface area contributed by atoms with Gasteiger partial charge in [0.05, 0.1) is 14.2 Å². The zero-order chi connectivity index (χ0) is 20.9. The van der Waals surface area contributed by atoms with Crippen molar-refractivity contribution in [3.05, 3.63) is 77.9 Å². The number of aromatic nitrogens is 2. The molecule has 1 aromatic heterocycles. The van der Waals surface area contributed by atoms with Crippen LogP contribution in [0, 0.1) is 6.92 Å². The first kappa shape index (κ1) is 19.5. The minimum atomic E-state index is 0.396. The molecule has 0 spiro atoms. The molecular weight excluding hydrogens is 380 g/mol. The van der Waals surface area contributed by atoms with Gasteiger partial charge in [0, 0.05) is 17.2 Å². The van der Waals surface area contributed by atoms with Crippen LogP contribution < -0.4 is 14.2 Å². The van der Waals surface area contributed by atoms with Crippen molar-refractivity contribution >= 4 is 0 Å². The van der Waals surface area contributed by atoms with Gasteiger partial charge in [-0.1, -0.05) is 22.9 Å². The van der Waals surface area contributed by atoms with Gasteiger partial charge < -0.3 is 18.7 Å². The average Bonchev–Trinajstić information content (AvgIpc) is 3.28. The molecule has 30 heavy (non-hydrogen) atoms. The molecule has 0 fully saturated rings. The Labute approximate surface area is 175 Å². The van der Waals surface area contributed by atoms with Gasteiger partial charge in [-0.2, -0.15) is 4.98 Å². The maximum absolute atomic E-state index is 5.89. The summed E-state index contributed by atoms with van der Waals surface area (Å²) < 4.78 is 21.9. The second kappa shape index (κ2) is 8.69. The Bertz CT molecular complexity index is 1100. The van der Waals surface area contributed by atoms with Crippen LogP contribution in [0.1, 0.15) is 11.1 Å². The van der Waals surface area contributed by atoms with Crippen molar-refractivity contribution in [3.63, 3.8) is 0 Å². The van der Waals surface area contributed by atoms with E-state index < -0.39 is 0 Å². The van der Waals surface area contributed by atoms with E-state index in [-0.39, 0.29) is 0 Å². The van der Waals surface area contributed by atoms with Crippen molar-refractivity contribution in [2.24, 2.45) is 0 Å². The van der Waals surface area contributed by atoms with Crippen LogP contribution in [0.25, 0.3) is 22.8 Å². The van der Waals surface area contributed by atoms with Gasteiger partial charge >= 0.3 is 0 Å². The molecule has 0 aliphatic rings. The molecule has 4 aromatic rings. The first-order valence-corrected chi connectivity index (χ1v) is 9.50. The second-order valence-corrected chi connectivity index (χ2v) is 6.82. The monoisotopic (exact) mass is 402 g/mol. The van der Waals surface area contributed by atoms with E-state index in [1.54, 1.807) is 14.2 Å². The van der Waals surface area contributed by atoms with Crippen molar-refractivity contribution in [2.75, 3.05) is 14.2 Å². The number of hydrogen-bond acceptors (Lipinski definition) is 6. The Morgan fingerprint density at radius 3 is 2.03 bits per heavy atom. The van der Waals surface area contributed by atoms with Gasteiger partial charge in [0.1, 0.15) is 23.9 Å². The number of ether oxygens (including phenoxy) is 3. The van der Waals surface area contributed by atoms with Gasteiger partial charge in [-0.05, 0) is 61.0 Å². The Balaban J connectivity index is 1.44. The molecule has 0 bridgehead atoms. The van der Waals surface area contributed by atoms with Crippen LogP contribution in [0.5, 0.6) is 17.2 Å². The summed E-state index contributed by atoms with van der Waals surface area (Å²) >= 11 is 0. The molecular formula is C24H22N2O4. The normalized spacial score (nSPS) is 10.6. The highest BCUT2D eigenvalue weighted by Crippen LogP contribution is 2.26. The van der Waals surface area contributed by atoms with E-state index in [2.05, 4.69) is 10.1 Å². The van der Waals surface area contributed by atoms with Gasteiger partial charge in [-0.3, -0.25) is 0 Å². The summed E-state index contributed by atoms with van der Waals surface area (Å²) in [6, 6.07) is 21.2. The highest BCUT2D eigenvalue weighted by Gasteiger charge is 2.11. The van der Waals surface area contributed by atoms with Crippen molar-refractivity contribution in [3.8, 4) is 40.1 Å². The fraction of sp³-hybridized carbons (Fsp3) is 0.167. The van der Waals surface area contributed by atoms with Crippen LogP contribution in [-0.2, 0) is 6.61 Å². The number of methoxy groups -OCH3 is 2. The molecule has 6 heteroatoms. The topological polar surface area (TPSA) is 66.6 Å². The van der Waals surface area contributed by atoms with E-state index in [0.29, 0.717) is 18.3 Å². The molecule has 152 valence electrons. The summed E-state index contributed by atoms with van der Waals surface area (Å²) in [4.78, 5) is 4.50. The largest absolute Gasteiger partial charge is 0.497 e. The van der Waals surface area contributed by atoms with Crippen molar-refractivity contribution in [2.45, 2.75) is 13.5 Å². The molecule has 0 saturated carbocycles. The summed E-state index contributed by atoms with van der Waals surface area (Å²) in [6.07, 6.45) is 0. The van der Waals surface area contributed by atoms with Crippen LogP contribution in [0.2, 0.25) is 0 Å². The number of rotatable bonds is 7. The van der Waals surface area contributed by atoms with E-state index in [1.165, 1.54) is 5.56 Å². The standard InChI is InChI=1S/C24H22N2O4/c1-16-4-6-19(7-5-16)24-25-23(26-30-24)18-8-10-20(11-9-18)29-15-17-12-21(27-2)14-22(13-17)28-3/h4-14H,15H2,1-3H3. The van der Waals surface area contributed by atoms with Crippen LogP contribution in [0.15, 0.2) is 71.3 Å². The third-order valence-corrected chi connectivity index (χ3v) is 4.65. The lowest BCUT2D eigenvalue weighted by Gasteiger charge is -2.10. The number of nitrogens with zero attached hydrogens (tertiary/aromatic N) is 2. The fourth-order valence-corrected chi connectivity index (χ4v) is 2.97.